The van der Waals surface area contributed by atoms with Crippen LogP contribution in [0.2, 0.25) is 0 Å². The van der Waals surface area contributed by atoms with Crippen molar-refractivity contribution >= 4 is 16.9 Å². The van der Waals surface area contributed by atoms with E-state index in [2.05, 4.69) is 29.8 Å². The van der Waals surface area contributed by atoms with E-state index in [9.17, 15) is 0 Å². The molecular formula is C21H18N6O2. The lowest BCUT2D eigenvalue weighted by atomic mass is 10.1. The Bertz CT molecular complexity index is 1160. The molecule has 1 aromatic carbocycles. The maximum Gasteiger partial charge on any atom is 0.241 e. The molecule has 0 radical (unpaired) electrons. The van der Waals surface area contributed by atoms with Crippen molar-refractivity contribution in [3.8, 4) is 23.0 Å². The normalized spacial score (nSPS) is 13.9. The first-order valence-electron chi connectivity index (χ1n) is 9.25. The number of hydrogen-bond acceptors (Lipinski definition) is 8. The molecule has 4 heterocycles. The third-order valence-corrected chi connectivity index (χ3v) is 4.77. The van der Waals surface area contributed by atoms with Gasteiger partial charge in [0.25, 0.3) is 0 Å². The zero-order chi connectivity index (χ0) is 19.6. The van der Waals surface area contributed by atoms with Gasteiger partial charge in [0.2, 0.25) is 17.7 Å². The highest BCUT2D eigenvalue weighted by Gasteiger charge is 2.32. The number of aromatic nitrogens is 5. The van der Waals surface area contributed by atoms with Crippen molar-refractivity contribution in [1.82, 2.24) is 24.9 Å². The Labute approximate surface area is 167 Å². The molecule has 29 heavy (non-hydrogen) atoms. The molecule has 0 bridgehead atoms. The van der Waals surface area contributed by atoms with Crippen molar-refractivity contribution in [1.29, 1.82) is 0 Å². The van der Waals surface area contributed by atoms with Gasteiger partial charge in [-0.15, -0.1) is 0 Å². The molecule has 0 unspecified atom stereocenters. The van der Waals surface area contributed by atoms with Crippen LogP contribution in [0.5, 0.6) is 11.8 Å². The first-order valence-corrected chi connectivity index (χ1v) is 9.25. The van der Waals surface area contributed by atoms with Crippen LogP contribution >= 0.6 is 0 Å². The Morgan fingerprint density at radius 2 is 1.72 bits per heavy atom. The van der Waals surface area contributed by atoms with Gasteiger partial charge in [0.15, 0.2) is 0 Å². The van der Waals surface area contributed by atoms with Crippen LogP contribution in [0.15, 0.2) is 61.2 Å². The third-order valence-electron chi connectivity index (χ3n) is 4.77. The monoisotopic (exact) mass is 386 g/mol. The van der Waals surface area contributed by atoms with E-state index in [4.69, 9.17) is 9.47 Å². The molecule has 0 spiro atoms. The summed E-state index contributed by atoms with van der Waals surface area (Å²) >= 11 is 0. The zero-order valence-corrected chi connectivity index (χ0v) is 15.8. The van der Waals surface area contributed by atoms with Crippen molar-refractivity contribution in [3.05, 3.63) is 61.2 Å². The van der Waals surface area contributed by atoms with Crippen LogP contribution in [0.3, 0.4) is 0 Å². The molecule has 0 aliphatic carbocycles. The van der Waals surface area contributed by atoms with Crippen molar-refractivity contribution in [2.24, 2.45) is 0 Å². The number of fused-ring (bicyclic) bond motifs is 1. The largest absolute Gasteiger partial charge is 0.481 e. The van der Waals surface area contributed by atoms with Gasteiger partial charge in [-0.05, 0) is 18.2 Å². The highest BCUT2D eigenvalue weighted by atomic mass is 16.5. The molecule has 144 valence electrons. The highest BCUT2D eigenvalue weighted by molar-refractivity contribution is 5.78. The summed E-state index contributed by atoms with van der Waals surface area (Å²) in [6.07, 6.45) is 6.74. The first-order chi connectivity index (χ1) is 14.3. The van der Waals surface area contributed by atoms with Gasteiger partial charge < -0.3 is 14.4 Å². The van der Waals surface area contributed by atoms with Crippen molar-refractivity contribution in [3.63, 3.8) is 0 Å². The number of pyridine rings is 1. The number of ether oxygens (including phenoxy) is 2. The predicted octanol–water partition coefficient (Wildman–Crippen LogP) is 2.76. The Hall–Kier alpha value is -3.81. The van der Waals surface area contributed by atoms with E-state index in [1.807, 2.05) is 42.6 Å². The lowest BCUT2D eigenvalue weighted by Gasteiger charge is -2.38. The van der Waals surface area contributed by atoms with Gasteiger partial charge in [0.05, 0.1) is 31.3 Å². The van der Waals surface area contributed by atoms with Crippen LogP contribution in [-0.2, 0) is 0 Å². The second-order valence-corrected chi connectivity index (χ2v) is 6.64. The van der Waals surface area contributed by atoms with Gasteiger partial charge in [-0.1, -0.05) is 18.2 Å². The molecule has 1 aliphatic heterocycles. The Balaban J connectivity index is 1.33. The SMILES string of the molecule is COc1ncccc1-c1nccnc1OC1CN(c2ncc3ccccc3n2)C1. The van der Waals surface area contributed by atoms with Crippen molar-refractivity contribution in [2.45, 2.75) is 6.10 Å². The van der Waals surface area contributed by atoms with Crippen LogP contribution in [0.1, 0.15) is 0 Å². The molecule has 1 saturated heterocycles. The van der Waals surface area contributed by atoms with Gasteiger partial charge >= 0.3 is 0 Å². The second kappa shape index (κ2) is 7.31. The Morgan fingerprint density at radius 1 is 0.897 bits per heavy atom. The summed E-state index contributed by atoms with van der Waals surface area (Å²) in [4.78, 5) is 24.2. The minimum Gasteiger partial charge on any atom is -0.481 e. The topological polar surface area (TPSA) is 86.2 Å². The second-order valence-electron chi connectivity index (χ2n) is 6.64. The number of rotatable bonds is 5. The molecule has 3 aromatic heterocycles. The van der Waals surface area contributed by atoms with E-state index in [0.717, 1.165) is 16.5 Å². The summed E-state index contributed by atoms with van der Waals surface area (Å²) in [5.41, 5.74) is 2.28. The lowest BCUT2D eigenvalue weighted by Crippen LogP contribution is -2.54. The summed E-state index contributed by atoms with van der Waals surface area (Å²) in [5.74, 6) is 1.65. The van der Waals surface area contributed by atoms with Crippen molar-refractivity contribution in [2.75, 3.05) is 25.1 Å². The van der Waals surface area contributed by atoms with Crippen LogP contribution in [0.4, 0.5) is 5.95 Å². The number of methoxy groups -OCH3 is 1. The maximum atomic E-state index is 6.12. The van der Waals surface area contributed by atoms with E-state index in [1.165, 1.54) is 0 Å². The number of para-hydroxylation sites is 1. The zero-order valence-electron chi connectivity index (χ0n) is 15.8. The van der Waals surface area contributed by atoms with E-state index in [-0.39, 0.29) is 6.10 Å². The first kappa shape index (κ1) is 17.3. The highest BCUT2D eigenvalue weighted by Crippen LogP contribution is 2.33. The molecule has 0 saturated carbocycles. The summed E-state index contributed by atoms with van der Waals surface area (Å²) in [5, 5.41) is 1.03. The quantitative estimate of drug-likeness (QED) is 0.518. The molecule has 1 fully saturated rings. The molecule has 8 heteroatoms. The van der Waals surface area contributed by atoms with Gasteiger partial charge in [-0.25, -0.2) is 24.9 Å². The molecule has 8 nitrogen and oxygen atoms in total. The minimum atomic E-state index is -0.0248. The summed E-state index contributed by atoms with van der Waals surface area (Å²) in [6.45, 7) is 1.36. The fraction of sp³-hybridized carbons (Fsp3) is 0.190. The maximum absolute atomic E-state index is 6.12. The number of nitrogens with zero attached hydrogens (tertiary/aromatic N) is 6. The fourth-order valence-corrected chi connectivity index (χ4v) is 3.28. The van der Waals surface area contributed by atoms with Gasteiger partial charge in [-0.3, -0.25) is 0 Å². The van der Waals surface area contributed by atoms with Gasteiger partial charge in [-0.2, -0.15) is 0 Å². The third kappa shape index (κ3) is 3.29. The number of benzene rings is 1. The van der Waals surface area contributed by atoms with Gasteiger partial charge in [0, 0.05) is 30.2 Å². The molecule has 0 N–H and O–H groups in total. The van der Waals surface area contributed by atoms with Crippen LogP contribution in [0.25, 0.3) is 22.2 Å². The molecule has 1 aliphatic rings. The Kier molecular flexibility index (Phi) is 4.36. The molecule has 4 aromatic rings. The van der Waals surface area contributed by atoms with E-state index < -0.39 is 0 Å². The predicted molar refractivity (Wildman–Crippen MR) is 108 cm³/mol. The number of anilines is 1. The van der Waals surface area contributed by atoms with Crippen LogP contribution in [-0.4, -0.2) is 51.2 Å². The summed E-state index contributed by atoms with van der Waals surface area (Å²) in [6, 6.07) is 11.7. The molecule has 0 atom stereocenters. The lowest BCUT2D eigenvalue weighted by molar-refractivity contribution is 0.159. The minimum absolute atomic E-state index is 0.0248. The van der Waals surface area contributed by atoms with Gasteiger partial charge in [0.1, 0.15) is 11.8 Å². The molecular weight excluding hydrogens is 368 g/mol. The summed E-state index contributed by atoms with van der Waals surface area (Å²) in [7, 11) is 1.58. The van der Waals surface area contributed by atoms with E-state index >= 15 is 0 Å². The van der Waals surface area contributed by atoms with Crippen LogP contribution < -0.4 is 14.4 Å². The Morgan fingerprint density at radius 3 is 2.62 bits per heavy atom. The average Bonchev–Trinajstić information content (AvgIpc) is 2.76. The number of hydrogen-bond donors (Lipinski definition) is 0. The van der Waals surface area contributed by atoms with Crippen molar-refractivity contribution < 1.29 is 9.47 Å². The van der Waals surface area contributed by atoms with E-state index in [1.54, 1.807) is 25.7 Å². The fourth-order valence-electron chi connectivity index (χ4n) is 3.28. The molecule has 5 rings (SSSR count). The summed E-state index contributed by atoms with van der Waals surface area (Å²) < 4.78 is 11.5. The average molecular weight is 386 g/mol. The standard InChI is InChI=1S/C21H18N6O2/c1-28-19-16(6-4-8-23-19)18-20(24-10-9-22-18)29-15-12-27(13-15)21-25-11-14-5-2-3-7-17(14)26-21/h2-11,15H,12-13H2,1H3. The van der Waals surface area contributed by atoms with E-state index in [0.29, 0.717) is 36.5 Å². The van der Waals surface area contributed by atoms with Crippen LogP contribution in [0, 0.1) is 0 Å². The molecule has 0 amide bonds. The smallest absolute Gasteiger partial charge is 0.241 e.